The Kier molecular flexibility index (Phi) is 5.12. The summed E-state index contributed by atoms with van der Waals surface area (Å²) in [6, 6.07) is 0. The number of likely N-dealkylation sites (tertiary alicyclic amines) is 1. The van der Waals surface area contributed by atoms with E-state index in [1.54, 1.807) is 6.92 Å². The summed E-state index contributed by atoms with van der Waals surface area (Å²) in [6.07, 6.45) is 5.05. The van der Waals surface area contributed by atoms with E-state index >= 15 is 0 Å². The summed E-state index contributed by atoms with van der Waals surface area (Å²) in [4.78, 5) is 39.2. The Morgan fingerprint density at radius 2 is 1.93 bits per heavy atom. The van der Waals surface area contributed by atoms with Crippen molar-refractivity contribution in [2.45, 2.75) is 45.4 Å². The van der Waals surface area contributed by atoms with Crippen LogP contribution in [0.4, 0.5) is 11.8 Å². The topological polar surface area (TPSA) is 89.9 Å². The molecule has 4 rings (SSSR count). The van der Waals surface area contributed by atoms with Crippen LogP contribution in [0.5, 0.6) is 0 Å². The molecule has 1 aromatic heterocycles. The Bertz CT molecular complexity index is 827. The Morgan fingerprint density at radius 1 is 1.17 bits per heavy atom. The highest BCUT2D eigenvalue weighted by molar-refractivity contribution is 5.74. The maximum absolute atomic E-state index is 12.0. The molecule has 2 aliphatic heterocycles. The number of fused-ring (bicyclic) bond motifs is 2. The normalized spacial score (nSPS) is 25.7. The smallest absolute Gasteiger partial charge is 0.303 e. The van der Waals surface area contributed by atoms with Gasteiger partial charge in [-0.15, -0.1) is 0 Å². The van der Waals surface area contributed by atoms with Gasteiger partial charge >= 0.3 is 5.97 Å². The number of anilines is 2. The molecule has 0 radical (unpaired) electrons. The number of aromatic nitrogens is 2. The van der Waals surface area contributed by atoms with E-state index in [-0.39, 0.29) is 23.7 Å². The van der Waals surface area contributed by atoms with Crippen LogP contribution in [0.2, 0.25) is 0 Å². The van der Waals surface area contributed by atoms with Crippen LogP contribution in [0.15, 0.2) is 0 Å². The van der Waals surface area contributed by atoms with Crippen molar-refractivity contribution in [2.24, 2.45) is 11.3 Å². The fourth-order valence-electron chi connectivity index (χ4n) is 5.32. The summed E-state index contributed by atoms with van der Waals surface area (Å²) in [5.74, 6) is 1.35. The second-order valence-electron chi connectivity index (χ2n) is 9.11. The molecule has 8 heteroatoms. The van der Waals surface area contributed by atoms with Gasteiger partial charge in [0, 0.05) is 70.5 Å². The molecule has 1 aromatic rings. The summed E-state index contributed by atoms with van der Waals surface area (Å²) in [7, 11) is 3.93. The second-order valence-corrected chi connectivity index (χ2v) is 9.11. The van der Waals surface area contributed by atoms with Crippen LogP contribution in [0.25, 0.3) is 0 Å². The molecule has 29 heavy (non-hydrogen) atoms. The van der Waals surface area contributed by atoms with Crippen LogP contribution in [-0.4, -0.2) is 72.1 Å². The summed E-state index contributed by atoms with van der Waals surface area (Å²) in [6.45, 7) is 4.53. The van der Waals surface area contributed by atoms with E-state index in [2.05, 4.69) is 4.90 Å². The number of nitrogens with zero attached hydrogens (tertiary/aromatic N) is 5. The van der Waals surface area contributed by atoms with Crippen LogP contribution >= 0.6 is 0 Å². The third-order valence-corrected chi connectivity index (χ3v) is 6.89. The Hall–Kier alpha value is -2.38. The van der Waals surface area contributed by atoms with E-state index in [0.717, 1.165) is 56.2 Å². The summed E-state index contributed by atoms with van der Waals surface area (Å²) in [5, 5.41) is 9.28. The number of rotatable bonds is 5. The average molecular weight is 402 g/mol. The lowest BCUT2D eigenvalue weighted by molar-refractivity contribution is -0.137. The van der Waals surface area contributed by atoms with Crippen molar-refractivity contribution in [1.29, 1.82) is 0 Å². The molecule has 0 bridgehead atoms. The SMILES string of the molecule is CC(=O)N1C[C@@H]2CN(c3nc(N(C)C)nc4c3CCCC4)C[C@]2(CCC(=O)O)C1. The Labute approximate surface area is 171 Å². The van der Waals surface area contributed by atoms with Gasteiger partial charge in [-0.1, -0.05) is 0 Å². The number of carbonyl (C=O) groups excluding carboxylic acids is 1. The van der Waals surface area contributed by atoms with Crippen LogP contribution in [-0.2, 0) is 22.4 Å². The van der Waals surface area contributed by atoms with E-state index in [1.807, 2.05) is 23.9 Å². The zero-order valence-corrected chi connectivity index (χ0v) is 17.6. The summed E-state index contributed by atoms with van der Waals surface area (Å²) in [5.41, 5.74) is 2.25. The molecular weight excluding hydrogens is 370 g/mol. The maximum atomic E-state index is 12.0. The minimum atomic E-state index is -0.771. The molecule has 3 aliphatic rings. The predicted molar refractivity (Wildman–Crippen MR) is 110 cm³/mol. The van der Waals surface area contributed by atoms with Gasteiger partial charge in [0.15, 0.2) is 0 Å². The lowest BCUT2D eigenvalue weighted by Crippen LogP contribution is -2.37. The van der Waals surface area contributed by atoms with Gasteiger partial charge in [-0.05, 0) is 32.1 Å². The molecule has 2 saturated heterocycles. The zero-order chi connectivity index (χ0) is 20.8. The quantitative estimate of drug-likeness (QED) is 0.801. The first-order chi connectivity index (χ1) is 13.8. The number of hydrogen-bond acceptors (Lipinski definition) is 6. The molecule has 2 fully saturated rings. The van der Waals surface area contributed by atoms with Gasteiger partial charge in [-0.2, -0.15) is 4.98 Å². The second kappa shape index (κ2) is 7.46. The fraction of sp³-hybridized carbons (Fsp3) is 0.714. The average Bonchev–Trinajstić information content (AvgIpc) is 3.20. The predicted octanol–water partition coefficient (Wildman–Crippen LogP) is 1.57. The van der Waals surface area contributed by atoms with Crippen LogP contribution in [0, 0.1) is 11.3 Å². The monoisotopic (exact) mass is 401 g/mol. The third kappa shape index (κ3) is 3.65. The van der Waals surface area contributed by atoms with Crippen molar-refractivity contribution < 1.29 is 14.7 Å². The van der Waals surface area contributed by atoms with Gasteiger partial charge in [0.2, 0.25) is 11.9 Å². The molecule has 1 N–H and O–H groups in total. The molecule has 158 valence electrons. The molecule has 1 amide bonds. The summed E-state index contributed by atoms with van der Waals surface area (Å²) >= 11 is 0. The van der Waals surface area contributed by atoms with Gasteiger partial charge in [0.1, 0.15) is 5.82 Å². The first-order valence-corrected chi connectivity index (χ1v) is 10.6. The Balaban J connectivity index is 1.67. The van der Waals surface area contributed by atoms with Gasteiger partial charge in [-0.3, -0.25) is 9.59 Å². The zero-order valence-electron chi connectivity index (χ0n) is 17.6. The molecule has 0 spiro atoms. The van der Waals surface area contributed by atoms with E-state index in [1.165, 1.54) is 5.56 Å². The first-order valence-electron chi connectivity index (χ1n) is 10.6. The minimum Gasteiger partial charge on any atom is -0.481 e. The van der Waals surface area contributed by atoms with E-state index < -0.39 is 5.97 Å². The summed E-state index contributed by atoms with van der Waals surface area (Å²) < 4.78 is 0. The highest BCUT2D eigenvalue weighted by Crippen LogP contribution is 2.48. The minimum absolute atomic E-state index is 0.0787. The number of carboxylic acid groups (broad SMARTS) is 1. The van der Waals surface area contributed by atoms with E-state index in [9.17, 15) is 14.7 Å². The number of carbonyl (C=O) groups is 2. The largest absolute Gasteiger partial charge is 0.481 e. The molecule has 0 saturated carbocycles. The van der Waals surface area contributed by atoms with Crippen molar-refractivity contribution in [2.75, 3.05) is 50.1 Å². The lowest BCUT2D eigenvalue weighted by Gasteiger charge is -2.31. The number of carboxylic acids is 1. The molecular formula is C21H31N5O3. The van der Waals surface area contributed by atoms with Crippen LogP contribution < -0.4 is 9.80 Å². The van der Waals surface area contributed by atoms with Gasteiger partial charge in [0.05, 0.1) is 5.69 Å². The van der Waals surface area contributed by atoms with Gasteiger partial charge in [0.25, 0.3) is 0 Å². The van der Waals surface area contributed by atoms with Crippen molar-refractivity contribution >= 4 is 23.6 Å². The van der Waals surface area contributed by atoms with E-state index in [0.29, 0.717) is 19.5 Å². The standard InChI is InChI=1S/C21H31N5O3/c1-14(27)25-10-15-11-26(13-21(15,12-25)9-8-18(28)29)19-16-6-4-5-7-17(16)22-20(23-19)24(2)3/h15H,4-13H2,1-3H3,(H,28,29)/t15-,21+/m1/s1. The molecule has 0 unspecified atom stereocenters. The highest BCUT2D eigenvalue weighted by atomic mass is 16.4. The number of amides is 1. The van der Waals surface area contributed by atoms with Crippen LogP contribution in [0.1, 0.15) is 43.9 Å². The number of hydrogen-bond donors (Lipinski definition) is 1. The van der Waals surface area contributed by atoms with E-state index in [4.69, 9.17) is 9.97 Å². The lowest BCUT2D eigenvalue weighted by atomic mass is 9.77. The third-order valence-electron chi connectivity index (χ3n) is 6.89. The maximum Gasteiger partial charge on any atom is 0.303 e. The van der Waals surface area contributed by atoms with Crippen molar-refractivity contribution in [3.63, 3.8) is 0 Å². The molecule has 8 nitrogen and oxygen atoms in total. The Morgan fingerprint density at radius 3 is 2.62 bits per heavy atom. The molecule has 1 aliphatic carbocycles. The first kappa shape index (κ1) is 19.9. The van der Waals surface area contributed by atoms with Crippen LogP contribution in [0.3, 0.4) is 0 Å². The number of aryl methyl sites for hydroxylation is 1. The molecule has 0 aromatic carbocycles. The van der Waals surface area contributed by atoms with Gasteiger partial charge < -0.3 is 19.8 Å². The van der Waals surface area contributed by atoms with Crippen molar-refractivity contribution in [3.8, 4) is 0 Å². The van der Waals surface area contributed by atoms with Crippen molar-refractivity contribution in [3.05, 3.63) is 11.3 Å². The number of aliphatic carboxylic acids is 1. The molecule has 2 atom stereocenters. The van der Waals surface area contributed by atoms with Gasteiger partial charge in [-0.25, -0.2) is 4.98 Å². The molecule has 3 heterocycles. The van der Waals surface area contributed by atoms with Crippen molar-refractivity contribution in [1.82, 2.24) is 14.9 Å². The highest BCUT2D eigenvalue weighted by Gasteiger charge is 2.53. The fourth-order valence-corrected chi connectivity index (χ4v) is 5.32.